The third kappa shape index (κ3) is 4.89. The molecule has 5 rings (SSSR count). The van der Waals surface area contributed by atoms with Crippen LogP contribution in [-0.2, 0) is 17.6 Å². The van der Waals surface area contributed by atoms with Crippen molar-refractivity contribution in [2.45, 2.75) is 50.6 Å². The number of benzodiazepines with no additional fused rings is 1. The summed E-state index contributed by atoms with van der Waals surface area (Å²) < 4.78 is 0. The predicted octanol–water partition coefficient (Wildman–Crippen LogP) is 4.69. The molecule has 1 aromatic heterocycles. The Bertz CT molecular complexity index is 1250. The smallest absolute Gasteiger partial charge is 0.321 e. The number of hydrogen-bond donors (Lipinski definition) is 3. The number of amides is 3. The van der Waals surface area contributed by atoms with E-state index in [0.29, 0.717) is 5.69 Å². The molecular weight excluding hydrogens is 452 g/mol. The van der Waals surface area contributed by atoms with E-state index in [1.807, 2.05) is 54.7 Å². The summed E-state index contributed by atoms with van der Waals surface area (Å²) in [4.78, 5) is 41.1. The number of imidazole rings is 1. The first-order chi connectivity index (χ1) is 17.5. The van der Waals surface area contributed by atoms with Gasteiger partial charge in [-0.1, -0.05) is 49.6 Å². The maximum absolute atomic E-state index is 13.9. The Kier molecular flexibility index (Phi) is 6.84. The summed E-state index contributed by atoms with van der Waals surface area (Å²) in [5.41, 5.74) is 2.05. The number of benzene rings is 2. The van der Waals surface area contributed by atoms with Gasteiger partial charge in [-0.15, -0.1) is 0 Å². The second-order valence-corrected chi connectivity index (χ2v) is 9.60. The van der Waals surface area contributed by atoms with E-state index in [1.165, 1.54) is 0 Å². The minimum absolute atomic E-state index is 0.0721. The summed E-state index contributed by atoms with van der Waals surface area (Å²) >= 11 is 0. The van der Waals surface area contributed by atoms with Crippen LogP contribution in [0.15, 0.2) is 65.9 Å². The molecule has 0 bridgehead atoms. The van der Waals surface area contributed by atoms with E-state index in [4.69, 9.17) is 4.99 Å². The van der Waals surface area contributed by atoms with Crippen molar-refractivity contribution in [2.75, 3.05) is 17.3 Å². The number of hydrogen-bond acceptors (Lipinski definition) is 4. The Hall–Kier alpha value is -3.94. The molecule has 8 heteroatoms. The molecule has 1 aliphatic carbocycles. The second kappa shape index (κ2) is 10.4. The molecular formula is C28H32N6O2. The van der Waals surface area contributed by atoms with E-state index in [1.54, 1.807) is 24.4 Å². The van der Waals surface area contributed by atoms with Gasteiger partial charge in [0.05, 0.1) is 5.69 Å². The topological polar surface area (TPSA) is 102 Å². The SMILES string of the molecule is CN1C(=O)C(NC(=O)Nc2cccc(CCc3ncc[nH]3)c2)(C2CCCCC2)N=Cc2ccccc21. The summed E-state index contributed by atoms with van der Waals surface area (Å²) in [6.45, 7) is 0. The van der Waals surface area contributed by atoms with Crippen molar-refractivity contribution in [1.82, 2.24) is 15.3 Å². The molecule has 1 fully saturated rings. The summed E-state index contributed by atoms with van der Waals surface area (Å²) in [7, 11) is 1.76. The quantitative estimate of drug-likeness (QED) is 0.473. The van der Waals surface area contributed by atoms with Gasteiger partial charge in [0.2, 0.25) is 5.66 Å². The molecule has 3 aromatic rings. The fourth-order valence-corrected chi connectivity index (χ4v) is 5.32. The van der Waals surface area contributed by atoms with Crippen molar-refractivity contribution >= 4 is 29.5 Å². The standard InChI is InChI=1S/C28H32N6O2/c1-34-24-13-6-5-9-21(24)19-31-28(26(34)35,22-10-3-2-4-11-22)33-27(36)32-23-12-7-8-20(18-23)14-15-25-29-16-17-30-25/h5-9,12-13,16-19,22H,2-4,10-11,14-15H2,1H3,(H,29,30)(H2,32,33,36). The molecule has 36 heavy (non-hydrogen) atoms. The van der Waals surface area contributed by atoms with Gasteiger partial charge in [-0.3, -0.25) is 9.79 Å². The van der Waals surface area contributed by atoms with E-state index in [-0.39, 0.29) is 11.8 Å². The molecule has 3 N–H and O–H groups in total. The van der Waals surface area contributed by atoms with Crippen molar-refractivity contribution < 1.29 is 9.59 Å². The monoisotopic (exact) mass is 484 g/mol. The highest BCUT2D eigenvalue weighted by Crippen LogP contribution is 2.38. The van der Waals surface area contributed by atoms with Gasteiger partial charge in [-0.05, 0) is 43.0 Å². The zero-order valence-corrected chi connectivity index (χ0v) is 20.5. The Labute approximate surface area is 211 Å². The molecule has 2 heterocycles. The first-order valence-electron chi connectivity index (χ1n) is 12.6. The van der Waals surface area contributed by atoms with Crippen molar-refractivity contribution in [3.8, 4) is 0 Å². The number of aromatic nitrogens is 2. The van der Waals surface area contributed by atoms with Gasteiger partial charge in [0.25, 0.3) is 5.91 Å². The summed E-state index contributed by atoms with van der Waals surface area (Å²) in [6.07, 6.45) is 11.7. The number of aliphatic imine (C=N–C) groups is 1. The molecule has 3 amide bonds. The second-order valence-electron chi connectivity index (χ2n) is 9.60. The molecule has 8 nitrogen and oxygen atoms in total. The number of urea groups is 1. The molecule has 0 spiro atoms. The Morgan fingerprint density at radius 1 is 1.11 bits per heavy atom. The van der Waals surface area contributed by atoms with Gasteiger partial charge in [0.1, 0.15) is 5.82 Å². The number of anilines is 2. The number of carbonyl (C=O) groups is 2. The molecule has 1 saturated carbocycles. The molecule has 2 aliphatic rings. The van der Waals surface area contributed by atoms with Crippen molar-refractivity contribution in [3.63, 3.8) is 0 Å². The van der Waals surface area contributed by atoms with Gasteiger partial charge in [0, 0.05) is 49.2 Å². The van der Waals surface area contributed by atoms with E-state index in [9.17, 15) is 9.59 Å². The average molecular weight is 485 g/mol. The Balaban J connectivity index is 1.37. The lowest BCUT2D eigenvalue weighted by Crippen LogP contribution is -2.63. The number of H-pyrrole nitrogens is 1. The summed E-state index contributed by atoms with van der Waals surface area (Å²) in [5, 5.41) is 5.97. The maximum Gasteiger partial charge on any atom is 0.321 e. The fraction of sp³-hybridized carbons (Fsp3) is 0.357. The van der Waals surface area contributed by atoms with Crippen LogP contribution in [0.25, 0.3) is 0 Å². The first-order valence-corrected chi connectivity index (χ1v) is 12.6. The van der Waals surface area contributed by atoms with E-state index in [2.05, 4.69) is 20.6 Å². The normalized spacial score (nSPS) is 20.0. The van der Waals surface area contributed by atoms with Crippen LogP contribution in [-0.4, -0.2) is 40.8 Å². The van der Waals surface area contributed by atoms with Crippen LogP contribution in [0.2, 0.25) is 0 Å². The highest BCUT2D eigenvalue weighted by Gasteiger charge is 2.49. The van der Waals surface area contributed by atoms with Gasteiger partial charge in [-0.2, -0.15) is 0 Å². The van der Waals surface area contributed by atoms with Gasteiger partial charge >= 0.3 is 6.03 Å². The van der Waals surface area contributed by atoms with Crippen LogP contribution >= 0.6 is 0 Å². The number of fused-ring (bicyclic) bond motifs is 1. The lowest BCUT2D eigenvalue weighted by molar-refractivity contribution is -0.126. The molecule has 1 aliphatic heterocycles. The Morgan fingerprint density at radius 3 is 2.75 bits per heavy atom. The van der Waals surface area contributed by atoms with E-state index < -0.39 is 11.7 Å². The lowest BCUT2D eigenvalue weighted by Gasteiger charge is -2.40. The zero-order chi connectivity index (χ0) is 25.0. The van der Waals surface area contributed by atoms with Crippen LogP contribution in [0.1, 0.15) is 49.1 Å². The van der Waals surface area contributed by atoms with Crippen molar-refractivity contribution in [3.05, 3.63) is 77.9 Å². The number of para-hydroxylation sites is 1. The highest BCUT2D eigenvalue weighted by molar-refractivity contribution is 6.09. The number of aryl methyl sites for hydroxylation is 2. The van der Waals surface area contributed by atoms with Crippen LogP contribution in [0, 0.1) is 5.92 Å². The van der Waals surface area contributed by atoms with Gasteiger partial charge in [0.15, 0.2) is 0 Å². The zero-order valence-electron chi connectivity index (χ0n) is 20.5. The van der Waals surface area contributed by atoms with Gasteiger partial charge < -0.3 is 20.5 Å². The number of rotatable bonds is 6. The summed E-state index contributed by atoms with van der Waals surface area (Å²) in [5.74, 6) is 0.644. The largest absolute Gasteiger partial charge is 0.349 e. The minimum atomic E-state index is -1.35. The predicted molar refractivity (Wildman–Crippen MR) is 141 cm³/mol. The third-order valence-corrected chi connectivity index (χ3v) is 7.23. The number of likely N-dealkylation sites (N-methyl/N-ethyl adjacent to an activating group) is 1. The average Bonchev–Trinajstić information content (AvgIpc) is 3.40. The molecule has 0 saturated heterocycles. The first kappa shape index (κ1) is 23.8. The third-order valence-electron chi connectivity index (χ3n) is 7.23. The minimum Gasteiger partial charge on any atom is -0.349 e. The molecule has 1 unspecified atom stereocenters. The maximum atomic E-state index is 13.9. The summed E-state index contributed by atoms with van der Waals surface area (Å²) in [6, 6.07) is 15.0. The van der Waals surface area contributed by atoms with Gasteiger partial charge in [-0.25, -0.2) is 9.78 Å². The van der Waals surface area contributed by atoms with Crippen molar-refractivity contribution in [2.24, 2.45) is 10.9 Å². The number of aromatic amines is 1. The molecule has 2 aromatic carbocycles. The molecule has 0 radical (unpaired) electrons. The number of nitrogens with zero attached hydrogens (tertiary/aromatic N) is 3. The van der Waals surface area contributed by atoms with E-state index in [0.717, 1.165) is 67.6 Å². The van der Waals surface area contributed by atoms with Crippen LogP contribution < -0.4 is 15.5 Å². The van der Waals surface area contributed by atoms with Crippen molar-refractivity contribution in [1.29, 1.82) is 0 Å². The number of nitrogens with one attached hydrogen (secondary N) is 3. The lowest BCUT2D eigenvalue weighted by atomic mass is 9.79. The Morgan fingerprint density at radius 2 is 1.94 bits per heavy atom. The van der Waals surface area contributed by atoms with Crippen LogP contribution in [0.5, 0.6) is 0 Å². The van der Waals surface area contributed by atoms with E-state index >= 15 is 0 Å². The van der Waals surface area contributed by atoms with Crippen LogP contribution in [0.3, 0.4) is 0 Å². The molecule has 1 atom stereocenters. The molecule has 186 valence electrons. The fourth-order valence-electron chi connectivity index (χ4n) is 5.32. The number of carbonyl (C=O) groups excluding carboxylic acids is 2. The highest BCUT2D eigenvalue weighted by atomic mass is 16.2. The van der Waals surface area contributed by atoms with Crippen LogP contribution in [0.4, 0.5) is 16.2 Å².